The second-order valence-corrected chi connectivity index (χ2v) is 5.63. The van der Waals surface area contributed by atoms with E-state index in [1.807, 2.05) is 12.3 Å². The van der Waals surface area contributed by atoms with Gasteiger partial charge in [-0.15, -0.1) is 11.3 Å². The molecule has 0 bridgehead atoms. The van der Waals surface area contributed by atoms with Crippen molar-refractivity contribution in [3.05, 3.63) is 22.7 Å². The predicted octanol–water partition coefficient (Wildman–Crippen LogP) is 4.39. The Morgan fingerprint density at radius 3 is 2.62 bits per heavy atom. The molecule has 1 aromatic rings. The van der Waals surface area contributed by atoms with Crippen LogP contribution in [-0.4, -0.2) is 4.98 Å². The summed E-state index contributed by atoms with van der Waals surface area (Å²) in [4.78, 5) is 4.18. The number of rotatable bonds is 2. The van der Waals surface area contributed by atoms with Crippen molar-refractivity contribution in [3.63, 3.8) is 0 Å². The van der Waals surface area contributed by atoms with E-state index in [2.05, 4.69) is 11.6 Å². The van der Waals surface area contributed by atoms with E-state index >= 15 is 0 Å². The SMILES string of the molecule is C=C(CC)c1csc(C(Cl)(Cl)Cl)n1. The molecular formula is C8H8Cl3NS. The van der Waals surface area contributed by atoms with Crippen LogP contribution in [0.4, 0.5) is 0 Å². The fourth-order valence-electron chi connectivity index (χ4n) is 0.747. The topological polar surface area (TPSA) is 12.9 Å². The summed E-state index contributed by atoms with van der Waals surface area (Å²) in [5.41, 5.74) is 1.77. The van der Waals surface area contributed by atoms with Gasteiger partial charge in [0, 0.05) is 5.38 Å². The van der Waals surface area contributed by atoms with Crippen LogP contribution in [0.5, 0.6) is 0 Å². The van der Waals surface area contributed by atoms with E-state index in [4.69, 9.17) is 34.8 Å². The van der Waals surface area contributed by atoms with Crippen molar-refractivity contribution in [2.75, 3.05) is 0 Å². The highest BCUT2D eigenvalue weighted by molar-refractivity contribution is 7.11. The van der Waals surface area contributed by atoms with Crippen LogP contribution < -0.4 is 0 Å². The molecule has 0 atom stereocenters. The van der Waals surface area contributed by atoms with Crippen molar-refractivity contribution in [1.29, 1.82) is 0 Å². The Bertz CT molecular complexity index is 313. The molecule has 13 heavy (non-hydrogen) atoms. The Balaban J connectivity index is 2.93. The highest BCUT2D eigenvalue weighted by atomic mass is 35.6. The molecule has 1 heterocycles. The summed E-state index contributed by atoms with van der Waals surface area (Å²) in [6, 6.07) is 0. The van der Waals surface area contributed by atoms with Gasteiger partial charge in [-0.25, -0.2) is 4.98 Å². The van der Waals surface area contributed by atoms with E-state index in [0.29, 0.717) is 5.01 Å². The Morgan fingerprint density at radius 2 is 2.23 bits per heavy atom. The molecule has 0 saturated carbocycles. The average Bonchev–Trinajstić information content (AvgIpc) is 2.50. The van der Waals surface area contributed by atoms with Crippen molar-refractivity contribution >= 4 is 51.7 Å². The van der Waals surface area contributed by atoms with E-state index < -0.39 is 3.79 Å². The Kier molecular flexibility index (Phi) is 3.64. The number of thiazole rings is 1. The maximum absolute atomic E-state index is 5.67. The fraction of sp³-hybridized carbons (Fsp3) is 0.375. The zero-order valence-electron chi connectivity index (χ0n) is 6.98. The number of allylic oxidation sites excluding steroid dienone is 1. The normalized spacial score (nSPS) is 11.7. The second kappa shape index (κ2) is 4.18. The van der Waals surface area contributed by atoms with E-state index in [1.54, 1.807) is 0 Å². The first kappa shape index (κ1) is 11.3. The van der Waals surface area contributed by atoms with Crippen molar-refractivity contribution < 1.29 is 0 Å². The Morgan fingerprint density at radius 1 is 1.62 bits per heavy atom. The van der Waals surface area contributed by atoms with Gasteiger partial charge < -0.3 is 0 Å². The highest BCUT2D eigenvalue weighted by Crippen LogP contribution is 2.40. The number of hydrogen-bond acceptors (Lipinski definition) is 2. The van der Waals surface area contributed by atoms with Crippen molar-refractivity contribution in [2.45, 2.75) is 17.1 Å². The smallest absolute Gasteiger partial charge is 0.237 e. The lowest BCUT2D eigenvalue weighted by molar-refractivity contribution is 1.12. The summed E-state index contributed by atoms with van der Waals surface area (Å²) >= 11 is 18.3. The van der Waals surface area contributed by atoms with Gasteiger partial charge in [-0.3, -0.25) is 0 Å². The first-order chi connectivity index (χ1) is 5.95. The lowest BCUT2D eigenvalue weighted by Crippen LogP contribution is -1.98. The predicted molar refractivity (Wildman–Crippen MR) is 60.7 cm³/mol. The zero-order chi connectivity index (χ0) is 10.1. The lowest BCUT2D eigenvalue weighted by atomic mass is 10.2. The molecule has 0 radical (unpaired) electrons. The Labute approximate surface area is 96.3 Å². The maximum atomic E-state index is 5.67. The van der Waals surface area contributed by atoms with Gasteiger partial charge in [-0.05, 0) is 12.0 Å². The number of alkyl halides is 3. The second-order valence-electron chi connectivity index (χ2n) is 2.49. The van der Waals surface area contributed by atoms with Gasteiger partial charge in [0.05, 0.1) is 5.69 Å². The van der Waals surface area contributed by atoms with Crippen LogP contribution in [0.25, 0.3) is 5.57 Å². The number of hydrogen-bond donors (Lipinski definition) is 0. The first-order valence-electron chi connectivity index (χ1n) is 3.66. The molecule has 0 aromatic carbocycles. The van der Waals surface area contributed by atoms with Gasteiger partial charge in [0.1, 0.15) is 5.01 Å². The molecule has 0 aliphatic rings. The summed E-state index contributed by atoms with van der Waals surface area (Å²) in [7, 11) is 0. The van der Waals surface area contributed by atoms with E-state index in [0.717, 1.165) is 17.7 Å². The van der Waals surface area contributed by atoms with Gasteiger partial charge >= 0.3 is 0 Å². The summed E-state index contributed by atoms with van der Waals surface area (Å²) in [5, 5.41) is 2.34. The fourth-order valence-corrected chi connectivity index (χ4v) is 2.00. The number of halogens is 3. The molecule has 1 rings (SSSR count). The van der Waals surface area contributed by atoms with Crippen LogP contribution >= 0.6 is 46.1 Å². The van der Waals surface area contributed by atoms with E-state index in [-0.39, 0.29) is 0 Å². The minimum Gasteiger partial charge on any atom is -0.237 e. The highest BCUT2D eigenvalue weighted by Gasteiger charge is 2.26. The summed E-state index contributed by atoms with van der Waals surface area (Å²) < 4.78 is -1.42. The maximum Gasteiger partial charge on any atom is 0.242 e. The van der Waals surface area contributed by atoms with Gasteiger partial charge in [-0.2, -0.15) is 0 Å². The molecule has 0 saturated heterocycles. The third-order valence-electron chi connectivity index (χ3n) is 1.54. The van der Waals surface area contributed by atoms with Crippen molar-refractivity contribution in [2.24, 2.45) is 0 Å². The monoisotopic (exact) mass is 255 g/mol. The molecule has 0 fully saturated rings. The minimum atomic E-state index is -1.42. The molecule has 0 aliphatic heterocycles. The van der Waals surface area contributed by atoms with Crippen LogP contribution in [-0.2, 0) is 3.79 Å². The largest absolute Gasteiger partial charge is 0.242 e. The standard InChI is InChI=1S/C8H8Cl3NS/c1-3-5(2)6-4-13-7(12-6)8(9,10)11/h4H,2-3H2,1H3. The molecule has 0 N–H and O–H groups in total. The van der Waals surface area contributed by atoms with Crippen LogP contribution in [0.2, 0.25) is 0 Å². The van der Waals surface area contributed by atoms with Crippen molar-refractivity contribution in [3.8, 4) is 0 Å². The molecule has 1 aromatic heterocycles. The number of aromatic nitrogens is 1. The third kappa shape index (κ3) is 2.84. The molecule has 0 aliphatic carbocycles. The summed E-state index contributed by atoms with van der Waals surface area (Å²) in [6.45, 7) is 5.86. The van der Waals surface area contributed by atoms with Crippen molar-refractivity contribution in [1.82, 2.24) is 4.98 Å². The molecule has 72 valence electrons. The third-order valence-corrected chi connectivity index (χ3v) is 3.37. The van der Waals surface area contributed by atoms with Gasteiger partial charge in [0.2, 0.25) is 3.79 Å². The molecule has 1 nitrogen and oxygen atoms in total. The average molecular weight is 257 g/mol. The molecular weight excluding hydrogens is 249 g/mol. The lowest BCUT2D eigenvalue weighted by Gasteiger charge is -2.04. The quantitative estimate of drug-likeness (QED) is 0.715. The van der Waals surface area contributed by atoms with Gasteiger partial charge in [0.15, 0.2) is 0 Å². The van der Waals surface area contributed by atoms with Crippen LogP contribution in [0.15, 0.2) is 12.0 Å². The van der Waals surface area contributed by atoms with E-state index in [9.17, 15) is 0 Å². The van der Waals surface area contributed by atoms with Gasteiger partial charge in [0.25, 0.3) is 0 Å². The van der Waals surface area contributed by atoms with Crippen LogP contribution in [0.1, 0.15) is 24.0 Å². The van der Waals surface area contributed by atoms with E-state index in [1.165, 1.54) is 11.3 Å². The summed E-state index contributed by atoms with van der Waals surface area (Å²) in [5.74, 6) is 0. The minimum absolute atomic E-state index is 0.488. The van der Waals surface area contributed by atoms with Crippen LogP contribution in [0.3, 0.4) is 0 Å². The number of nitrogens with zero attached hydrogens (tertiary/aromatic N) is 1. The van der Waals surface area contributed by atoms with Crippen LogP contribution in [0, 0.1) is 0 Å². The zero-order valence-corrected chi connectivity index (χ0v) is 10.1. The molecule has 0 unspecified atom stereocenters. The molecule has 0 amide bonds. The molecule has 5 heteroatoms. The summed E-state index contributed by atoms with van der Waals surface area (Å²) in [6.07, 6.45) is 0.850. The Hall–Kier alpha value is 0.240. The van der Waals surface area contributed by atoms with Gasteiger partial charge in [-0.1, -0.05) is 48.3 Å². The molecule has 0 spiro atoms. The first-order valence-corrected chi connectivity index (χ1v) is 5.67.